The SMILES string of the molecule is CC(NC1CC1c1ccccc1)c1ccc(-c2ccncc2)cc1. The number of benzene rings is 2. The van der Waals surface area contributed by atoms with Gasteiger partial charge in [-0.05, 0) is 47.7 Å². The van der Waals surface area contributed by atoms with Crippen LogP contribution < -0.4 is 5.32 Å². The van der Waals surface area contributed by atoms with Gasteiger partial charge in [-0.25, -0.2) is 0 Å². The minimum Gasteiger partial charge on any atom is -0.307 e. The molecule has 1 heterocycles. The zero-order chi connectivity index (χ0) is 16.4. The van der Waals surface area contributed by atoms with Crippen molar-refractivity contribution < 1.29 is 0 Å². The summed E-state index contributed by atoms with van der Waals surface area (Å²) in [5.41, 5.74) is 5.24. The van der Waals surface area contributed by atoms with Gasteiger partial charge in [0, 0.05) is 30.4 Å². The summed E-state index contributed by atoms with van der Waals surface area (Å²) >= 11 is 0. The smallest absolute Gasteiger partial charge is 0.0294 e. The molecule has 3 aromatic rings. The van der Waals surface area contributed by atoms with Gasteiger partial charge in [-0.15, -0.1) is 0 Å². The molecule has 1 saturated carbocycles. The maximum Gasteiger partial charge on any atom is 0.0294 e. The highest BCUT2D eigenvalue weighted by Crippen LogP contribution is 2.41. The third-order valence-electron chi connectivity index (χ3n) is 4.91. The summed E-state index contributed by atoms with van der Waals surface area (Å²) in [6.07, 6.45) is 4.91. The van der Waals surface area contributed by atoms with E-state index in [9.17, 15) is 0 Å². The average Bonchev–Trinajstić information content (AvgIpc) is 3.42. The van der Waals surface area contributed by atoms with E-state index in [1.807, 2.05) is 24.5 Å². The lowest BCUT2D eigenvalue weighted by atomic mass is 10.0. The van der Waals surface area contributed by atoms with Gasteiger partial charge in [-0.2, -0.15) is 0 Å². The van der Waals surface area contributed by atoms with Crippen LogP contribution in [0.4, 0.5) is 0 Å². The van der Waals surface area contributed by atoms with Gasteiger partial charge < -0.3 is 5.32 Å². The van der Waals surface area contributed by atoms with E-state index < -0.39 is 0 Å². The van der Waals surface area contributed by atoms with Crippen LogP contribution >= 0.6 is 0 Å². The van der Waals surface area contributed by atoms with Gasteiger partial charge in [0.1, 0.15) is 0 Å². The van der Waals surface area contributed by atoms with Crippen LogP contribution in [0, 0.1) is 0 Å². The number of hydrogen-bond donors (Lipinski definition) is 1. The Morgan fingerprint density at radius 1 is 0.875 bits per heavy atom. The van der Waals surface area contributed by atoms with E-state index >= 15 is 0 Å². The third-order valence-corrected chi connectivity index (χ3v) is 4.91. The average molecular weight is 314 g/mol. The van der Waals surface area contributed by atoms with Crippen LogP contribution in [-0.4, -0.2) is 11.0 Å². The Kier molecular flexibility index (Phi) is 4.14. The predicted octanol–water partition coefficient (Wildman–Crippen LogP) is 4.96. The molecule has 3 atom stereocenters. The molecule has 1 N–H and O–H groups in total. The van der Waals surface area contributed by atoms with Crippen molar-refractivity contribution >= 4 is 0 Å². The lowest BCUT2D eigenvalue weighted by Gasteiger charge is -2.15. The van der Waals surface area contributed by atoms with Gasteiger partial charge in [0.2, 0.25) is 0 Å². The maximum atomic E-state index is 4.08. The monoisotopic (exact) mass is 314 g/mol. The van der Waals surface area contributed by atoms with Crippen molar-refractivity contribution in [3.05, 3.63) is 90.3 Å². The molecule has 24 heavy (non-hydrogen) atoms. The molecule has 120 valence electrons. The van der Waals surface area contributed by atoms with Crippen molar-refractivity contribution in [3.63, 3.8) is 0 Å². The first-order valence-corrected chi connectivity index (χ1v) is 8.62. The van der Waals surface area contributed by atoms with E-state index in [0.29, 0.717) is 18.0 Å². The highest BCUT2D eigenvalue weighted by Gasteiger charge is 2.38. The topological polar surface area (TPSA) is 24.9 Å². The highest BCUT2D eigenvalue weighted by atomic mass is 15.0. The molecule has 0 aliphatic heterocycles. The Labute approximate surface area is 143 Å². The van der Waals surface area contributed by atoms with E-state index in [2.05, 4.69) is 71.8 Å². The number of rotatable bonds is 5. The molecule has 3 unspecified atom stereocenters. The predicted molar refractivity (Wildman–Crippen MR) is 98.8 cm³/mol. The number of aromatic nitrogens is 1. The summed E-state index contributed by atoms with van der Waals surface area (Å²) < 4.78 is 0. The molecule has 0 spiro atoms. The van der Waals surface area contributed by atoms with Crippen molar-refractivity contribution in [2.75, 3.05) is 0 Å². The third kappa shape index (κ3) is 3.24. The molecule has 1 aliphatic carbocycles. The van der Waals surface area contributed by atoms with Gasteiger partial charge >= 0.3 is 0 Å². The van der Waals surface area contributed by atoms with E-state index in [0.717, 1.165) is 0 Å². The zero-order valence-corrected chi connectivity index (χ0v) is 13.9. The van der Waals surface area contributed by atoms with E-state index in [4.69, 9.17) is 0 Å². The maximum absolute atomic E-state index is 4.08. The molecule has 2 nitrogen and oxygen atoms in total. The lowest BCUT2D eigenvalue weighted by Crippen LogP contribution is -2.22. The molecule has 2 aromatic carbocycles. The molecule has 1 aliphatic rings. The van der Waals surface area contributed by atoms with Gasteiger partial charge in [-0.3, -0.25) is 4.98 Å². The Balaban J connectivity index is 1.40. The fourth-order valence-corrected chi connectivity index (χ4v) is 3.37. The van der Waals surface area contributed by atoms with Crippen LogP contribution in [0.5, 0.6) is 0 Å². The first-order valence-electron chi connectivity index (χ1n) is 8.62. The molecule has 1 fully saturated rings. The molecule has 2 heteroatoms. The second-order valence-corrected chi connectivity index (χ2v) is 6.61. The fraction of sp³-hybridized carbons (Fsp3) is 0.227. The van der Waals surface area contributed by atoms with Crippen molar-refractivity contribution in [2.24, 2.45) is 0 Å². The van der Waals surface area contributed by atoms with Crippen LogP contribution in [0.1, 0.15) is 36.4 Å². The second kappa shape index (κ2) is 6.58. The molecular formula is C22H22N2. The van der Waals surface area contributed by atoms with Crippen LogP contribution in [-0.2, 0) is 0 Å². The Bertz CT molecular complexity index is 781. The molecule has 4 rings (SSSR count). The number of pyridine rings is 1. The number of hydrogen-bond acceptors (Lipinski definition) is 2. The summed E-state index contributed by atoms with van der Waals surface area (Å²) in [4.78, 5) is 4.08. The number of nitrogens with zero attached hydrogens (tertiary/aromatic N) is 1. The molecule has 0 bridgehead atoms. The summed E-state index contributed by atoms with van der Waals surface area (Å²) in [6, 6.07) is 24.7. The molecule has 0 radical (unpaired) electrons. The minimum atomic E-state index is 0.371. The van der Waals surface area contributed by atoms with Crippen LogP contribution in [0.2, 0.25) is 0 Å². The molecule has 0 saturated heterocycles. The van der Waals surface area contributed by atoms with Gasteiger partial charge in [0.15, 0.2) is 0 Å². The number of nitrogens with one attached hydrogen (secondary N) is 1. The summed E-state index contributed by atoms with van der Waals surface area (Å²) in [7, 11) is 0. The second-order valence-electron chi connectivity index (χ2n) is 6.61. The fourth-order valence-electron chi connectivity index (χ4n) is 3.37. The summed E-state index contributed by atoms with van der Waals surface area (Å²) in [6.45, 7) is 2.25. The van der Waals surface area contributed by atoms with Crippen molar-refractivity contribution in [1.29, 1.82) is 0 Å². The van der Waals surface area contributed by atoms with Crippen LogP contribution in [0.15, 0.2) is 79.1 Å². The summed E-state index contributed by atoms with van der Waals surface area (Å²) in [5, 5.41) is 3.77. The molecular weight excluding hydrogens is 292 g/mol. The standard InChI is InChI=1S/C22H22N2/c1-16(24-22-15-21(22)20-5-3-2-4-6-20)17-7-9-18(10-8-17)19-11-13-23-14-12-19/h2-14,16,21-22,24H,15H2,1H3. The van der Waals surface area contributed by atoms with Crippen molar-refractivity contribution in [1.82, 2.24) is 10.3 Å². The van der Waals surface area contributed by atoms with E-state index in [1.165, 1.54) is 28.7 Å². The Morgan fingerprint density at radius 2 is 1.54 bits per heavy atom. The van der Waals surface area contributed by atoms with Gasteiger partial charge in [0.25, 0.3) is 0 Å². The van der Waals surface area contributed by atoms with Crippen LogP contribution in [0.3, 0.4) is 0 Å². The minimum absolute atomic E-state index is 0.371. The first kappa shape index (κ1) is 15.1. The van der Waals surface area contributed by atoms with E-state index in [1.54, 1.807) is 0 Å². The first-order chi connectivity index (χ1) is 11.8. The zero-order valence-electron chi connectivity index (χ0n) is 13.9. The quantitative estimate of drug-likeness (QED) is 0.720. The van der Waals surface area contributed by atoms with Gasteiger partial charge in [-0.1, -0.05) is 54.6 Å². The largest absolute Gasteiger partial charge is 0.307 e. The lowest BCUT2D eigenvalue weighted by molar-refractivity contribution is 0.563. The van der Waals surface area contributed by atoms with E-state index in [-0.39, 0.29) is 0 Å². The summed E-state index contributed by atoms with van der Waals surface area (Å²) in [5.74, 6) is 0.671. The molecule has 1 aromatic heterocycles. The highest BCUT2D eigenvalue weighted by molar-refractivity contribution is 5.63. The van der Waals surface area contributed by atoms with Crippen LogP contribution in [0.25, 0.3) is 11.1 Å². The Hall–Kier alpha value is -2.45. The van der Waals surface area contributed by atoms with Crippen molar-refractivity contribution in [2.45, 2.75) is 31.3 Å². The van der Waals surface area contributed by atoms with Gasteiger partial charge in [0.05, 0.1) is 0 Å². The van der Waals surface area contributed by atoms with Crippen molar-refractivity contribution in [3.8, 4) is 11.1 Å². The Morgan fingerprint density at radius 3 is 2.25 bits per heavy atom. The normalized spacial score (nSPS) is 20.5. The molecule has 0 amide bonds.